The number of hydrogen-bond donors (Lipinski definition) is 0. The van der Waals surface area contributed by atoms with Gasteiger partial charge in [-0.15, -0.1) is 0 Å². The maximum absolute atomic E-state index is 2.27. The van der Waals surface area contributed by atoms with E-state index in [2.05, 4.69) is 38.2 Å². The second-order valence-electron chi connectivity index (χ2n) is 3.14. The molecule has 0 aliphatic carbocycles. The molecule has 0 heterocycles. The molecule has 0 aromatic heterocycles. The van der Waals surface area contributed by atoms with E-state index < -0.39 is 0 Å². The van der Waals surface area contributed by atoms with Crippen LogP contribution in [0.15, 0.2) is 24.3 Å². The lowest BCUT2D eigenvalue weighted by molar-refractivity contribution is 0.729. The van der Waals surface area contributed by atoms with Crippen molar-refractivity contribution in [1.29, 1.82) is 0 Å². The smallest absolute Gasteiger partial charge is 0.0348 e. The molecule has 0 radical (unpaired) electrons. The summed E-state index contributed by atoms with van der Waals surface area (Å²) in [6, 6.07) is 0. The summed E-state index contributed by atoms with van der Waals surface area (Å²) >= 11 is 0. The van der Waals surface area contributed by atoms with E-state index in [1.54, 1.807) is 0 Å². The van der Waals surface area contributed by atoms with Crippen molar-refractivity contribution in [3.63, 3.8) is 0 Å². The lowest BCUT2D eigenvalue weighted by Gasteiger charge is -1.89. The van der Waals surface area contributed by atoms with Gasteiger partial charge >= 0.3 is 0 Å². The van der Waals surface area contributed by atoms with E-state index in [1.165, 1.54) is 38.5 Å². The molecule has 70 valence electrons. The largest absolute Gasteiger partial charge is 0.0846 e. The van der Waals surface area contributed by atoms with E-state index in [4.69, 9.17) is 0 Å². The van der Waals surface area contributed by atoms with E-state index in [1.807, 2.05) is 0 Å². The first-order valence-corrected chi connectivity index (χ1v) is 5.23. The highest BCUT2D eigenvalue weighted by atomic mass is 13.9. The van der Waals surface area contributed by atoms with Crippen molar-refractivity contribution in [1.82, 2.24) is 0 Å². The standard InChI is InChI=1S/C12H22/c1-3-5-7-9-11-12-10-8-6-4-2/h7,9,11-12H,3-6,8,10H2,1-2H3/b9-7+,12-11+. The molecule has 0 unspecified atom stereocenters. The maximum Gasteiger partial charge on any atom is -0.0348 e. The number of hydrogen-bond acceptors (Lipinski definition) is 0. The minimum Gasteiger partial charge on any atom is -0.0846 e. The highest BCUT2D eigenvalue weighted by Crippen LogP contribution is 1.99. The Labute approximate surface area is 77.4 Å². The summed E-state index contributed by atoms with van der Waals surface area (Å²) in [4.78, 5) is 0. The van der Waals surface area contributed by atoms with Gasteiger partial charge in [0.2, 0.25) is 0 Å². The number of rotatable bonds is 7. The minimum absolute atomic E-state index is 1.21. The van der Waals surface area contributed by atoms with Gasteiger partial charge in [0.05, 0.1) is 0 Å². The molecule has 0 aliphatic heterocycles. The third kappa shape index (κ3) is 9.48. The first-order chi connectivity index (χ1) is 5.91. The second kappa shape index (κ2) is 10.5. The van der Waals surface area contributed by atoms with Gasteiger partial charge in [-0.2, -0.15) is 0 Å². The highest BCUT2D eigenvalue weighted by Gasteiger charge is 1.79. The highest BCUT2D eigenvalue weighted by molar-refractivity contribution is 5.01. The molecule has 0 aliphatic rings. The average molecular weight is 166 g/mol. The van der Waals surface area contributed by atoms with Crippen molar-refractivity contribution >= 4 is 0 Å². The van der Waals surface area contributed by atoms with Gasteiger partial charge in [-0.05, 0) is 19.3 Å². The molecule has 0 aromatic rings. The summed E-state index contributed by atoms with van der Waals surface area (Å²) in [5, 5.41) is 0. The Bertz CT molecular complexity index is 120. The van der Waals surface area contributed by atoms with E-state index in [-0.39, 0.29) is 0 Å². The van der Waals surface area contributed by atoms with Gasteiger partial charge in [-0.1, -0.05) is 57.4 Å². The van der Waals surface area contributed by atoms with Crippen molar-refractivity contribution in [2.45, 2.75) is 52.4 Å². The van der Waals surface area contributed by atoms with Gasteiger partial charge in [-0.3, -0.25) is 0 Å². The van der Waals surface area contributed by atoms with Gasteiger partial charge in [0.1, 0.15) is 0 Å². The van der Waals surface area contributed by atoms with Crippen LogP contribution in [0.4, 0.5) is 0 Å². The van der Waals surface area contributed by atoms with E-state index in [9.17, 15) is 0 Å². The van der Waals surface area contributed by atoms with E-state index in [0.717, 1.165) is 0 Å². The molecule has 0 fully saturated rings. The van der Waals surface area contributed by atoms with Crippen molar-refractivity contribution in [3.05, 3.63) is 24.3 Å². The minimum atomic E-state index is 1.21. The summed E-state index contributed by atoms with van der Waals surface area (Å²) in [5.41, 5.74) is 0. The summed E-state index contributed by atoms with van der Waals surface area (Å²) in [6.07, 6.45) is 16.6. The number of allylic oxidation sites excluding steroid dienone is 4. The van der Waals surface area contributed by atoms with Gasteiger partial charge in [0.15, 0.2) is 0 Å². The van der Waals surface area contributed by atoms with Crippen LogP contribution in [-0.4, -0.2) is 0 Å². The van der Waals surface area contributed by atoms with E-state index >= 15 is 0 Å². The quantitative estimate of drug-likeness (QED) is 0.386. The third-order valence-electron chi connectivity index (χ3n) is 1.81. The zero-order valence-corrected chi connectivity index (χ0v) is 8.55. The SMILES string of the molecule is CCC/C=C/C=C/CCCCC. The lowest BCUT2D eigenvalue weighted by Crippen LogP contribution is -1.69. The van der Waals surface area contributed by atoms with Crippen LogP contribution >= 0.6 is 0 Å². The van der Waals surface area contributed by atoms with Crippen molar-refractivity contribution in [2.75, 3.05) is 0 Å². The molecule has 0 spiro atoms. The zero-order chi connectivity index (χ0) is 9.07. The third-order valence-corrected chi connectivity index (χ3v) is 1.81. The van der Waals surface area contributed by atoms with Crippen LogP contribution in [-0.2, 0) is 0 Å². The molecule has 0 nitrogen and oxygen atoms in total. The molecule has 0 rings (SSSR count). The zero-order valence-electron chi connectivity index (χ0n) is 8.55. The average Bonchev–Trinajstić information content (AvgIpc) is 2.10. The Morgan fingerprint density at radius 3 is 2.00 bits per heavy atom. The van der Waals surface area contributed by atoms with Gasteiger partial charge in [-0.25, -0.2) is 0 Å². The Morgan fingerprint density at radius 1 is 0.750 bits per heavy atom. The molecule has 0 saturated heterocycles. The summed E-state index contributed by atoms with van der Waals surface area (Å²) in [6.45, 7) is 4.44. The van der Waals surface area contributed by atoms with Crippen LogP contribution in [0.3, 0.4) is 0 Å². The Balaban J connectivity index is 3.13. The molecule has 0 heteroatoms. The van der Waals surface area contributed by atoms with Gasteiger partial charge in [0.25, 0.3) is 0 Å². The van der Waals surface area contributed by atoms with Crippen LogP contribution in [0.25, 0.3) is 0 Å². The summed E-state index contributed by atoms with van der Waals surface area (Å²) in [5.74, 6) is 0. The second-order valence-corrected chi connectivity index (χ2v) is 3.14. The fraction of sp³-hybridized carbons (Fsp3) is 0.667. The first kappa shape index (κ1) is 11.5. The normalized spacial score (nSPS) is 11.8. The fourth-order valence-electron chi connectivity index (χ4n) is 1.03. The molecule has 0 amide bonds. The fourth-order valence-corrected chi connectivity index (χ4v) is 1.03. The van der Waals surface area contributed by atoms with Crippen molar-refractivity contribution < 1.29 is 0 Å². The Kier molecular flexibility index (Phi) is 10.0. The van der Waals surface area contributed by atoms with Crippen molar-refractivity contribution in [2.24, 2.45) is 0 Å². The molecule has 0 atom stereocenters. The molecular formula is C12H22. The molecule has 0 N–H and O–H groups in total. The summed E-state index contributed by atoms with van der Waals surface area (Å²) < 4.78 is 0. The topological polar surface area (TPSA) is 0 Å². The maximum atomic E-state index is 2.27. The van der Waals surface area contributed by atoms with Crippen LogP contribution in [0, 0.1) is 0 Å². The molecule has 0 aromatic carbocycles. The van der Waals surface area contributed by atoms with E-state index in [0.29, 0.717) is 0 Å². The first-order valence-electron chi connectivity index (χ1n) is 5.23. The molecule has 0 saturated carbocycles. The molecule has 12 heavy (non-hydrogen) atoms. The summed E-state index contributed by atoms with van der Waals surface area (Å²) in [7, 11) is 0. The van der Waals surface area contributed by atoms with Crippen LogP contribution in [0.2, 0.25) is 0 Å². The van der Waals surface area contributed by atoms with Gasteiger partial charge < -0.3 is 0 Å². The molecule has 0 bridgehead atoms. The van der Waals surface area contributed by atoms with Crippen molar-refractivity contribution in [3.8, 4) is 0 Å². The number of unbranched alkanes of at least 4 members (excludes halogenated alkanes) is 4. The van der Waals surface area contributed by atoms with Crippen LogP contribution in [0.1, 0.15) is 52.4 Å². The molecular weight excluding hydrogens is 144 g/mol. The predicted octanol–water partition coefficient (Wildman–Crippen LogP) is 4.48. The van der Waals surface area contributed by atoms with Crippen LogP contribution < -0.4 is 0 Å². The Hall–Kier alpha value is -0.520. The monoisotopic (exact) mass is 166 g/mol. The van der Waals surface area contributed by atoms with Gasteiger partial charge in [0, 0.05) is 0 Å². The predicted molar refractivity (Wildman–Crippen MR) is 57.3 cm³/mol. The Morgan fingerprint density at radius 2 is 1.42 bits per heavy atom. The van der Waals surface area contributed by atoms with Crippen LogP contribution in [0.5, 0.6) is 0 Å². The lowest BCUT2D eigenvalue weighted by atomic mass is 10.2.